The van der Waals surface area contributed by atoms with E-state index in [0.29, 0.717) is 35.5 Å². The summed E-state index contributed by atoms with van der Waals surface area (Å²) in [5.41, 5.74) is 13.2. The highest BCUT2D eigenvalue weighted by Gasteiger charge is 2.05. The van der Waals surface area contributed by atoms with E-state index in [1.54, 1.807) is 36.4 Å². The van der Waals surface area contributed by atoms with Gasteiger partial charge in [-0.25, -0.2) is 4.39 Å². The summed E-state index contributed by atoms with van der Waals surface area (Å²) < 4.78 is 13.5. The van der Waals surface area contributed by atoms with Gasteiger partial charge in [-0.3, -0.25) is 4.79 Å². The SMILES string of the molecule is NC(=O)c1ccc(N)c(NCCc2ccccc2F)c1. The first-order chi connectivity index (χ1) is 9.58. The molecule has 2 aromatic carbocycles. The molecular formula is C15H16FN3O. The number of benzene rings is 2. The standard InChI is InChI=1S/C15H16FN3O/c16-12-4-2-1-3-10(12)7-8-19-14-9-11(15(18)20)5-6-13(14)17/h1-6,9,19H,7-8,17H2,(H2,18,20). The van der Waals surface area contributed by atoms with E-state index >= 15 is 0 Å². The van der Waals surface area contributed by atoms with Gasteiger partial charge in [0, 0.05) is 12.1 Å². The van der Waals surface area contributed by atoms with Gasteiger partial charge in [-0.05, 0) is 36.2 Å². The Labute approximate surface area is 116 Å². The van der Waals surface area contributed by atoms with Crippen LogP contribution in [0.4, 0.5) is 15.8 Å². The molecular weight excluding hydrogens is 257 g/mol. The summed E-state index contributed by atoms with van der Waals surface area (Å²) in [6.07, 6.45) is 0.521. The van der Waals surface area contributed by atoms with Crippen molar-refractivity contribution in [2.45, 2.75) is 6.42 Å². The summed E-state index contributed by atoms with van der Waals surface area (Å²) in [6, 6.07) is 11.4. The molecule has 0 aliphatic rings. The molecule has 2 rings (SSSR count). The molecule has 0 aliphatic carbocycles. The van der Waals surface area contributed by atoms with Crippen LogP contribution in [0.15, 0.2) is 42.5 Å². The van der Waals surface area contributed by atoms with Crippen molar-refractivity contribution in [2.24, 2.45) is 5.73 Å². The fourth-order valence-electron chi connectivity index (χ4n) is 1.90. The van der Waals surface area contributed by atoms with Crippen molar-refractivity contribution in [3.8, 4) is 0 Å². The quantitative estimate of drug-likeness (QED) is 0.730. The Kier molecular flexibility index (Phi) is 4.20. The number of primary amides is 1. The van der Waals surface area contributed by atoms with E-state index in [1.165, 1.54) is 6.07 Å². The van der Waals surface area contributed by atoms with Gasteiger partial charge in [-0.2, -0.15) is 0 Å². The molecule has 0 aliphatic heterocycles. The number of anilines is 2. The van der Waals surface area contributed by atoms with Crippen molar-refractivity contribution in [3.63, 3.8) is 0 Å². The lowest BCUT2D eigenvalue weighted by Gasteiger charge is -2.10. The van der Waals surface area contributed by atoms with Crippen molar-refractivity contribution in [2.75, 3.05) is 17.6 Å². The molecule has 0 aromatic heterocycles. The maximum atomic E-state index is 13.5. The highest BCUT2D eigenvalue weighted by molar-refractivity contribution is 5.94. The Balaban J connectivity index is 2.02. The van der Waals surface area contributed by atoms with E-state index in [-0.39, 0.29) is 5.82 Å². The van der Waals surface area contributed by atoms with Gasteiger partial charge in [0.1, 0.15) is 5.82 Å². The van der Waals surface area contributed by atoms with E-state index in [4.69, 9.17) is 11.5 Å². The normalized spacial score (nSPS) is 10.2. The smallest absolute Gasteiger partial charge is 0.248 e. The summed E-state index contributed by atoms with van der Waals surface area (Å²) in [7, 11) is 0. The minimum absolute atomic E-state index is 0.229. The van der Waals surface area contributed by atoms with E-state index in [9.17, 15) is 9.18 Å². The monoisotopic (exact) mass is 273 g/mol. The van der Waals surface area contributed by atoms with Crippen LogP contribution in [0.2, 0.25) is 0 Å². The number of hydrogen-bond donors (Lipinski definition) is 3. The molecule has 5 N–H and O–H groups in total. The van der Waals surface area contributed by atoms with E-state index in [0.717, 1.165) is 0 Å². The lowest BCUT2D eigenvalue weighted by Crippen LogP contribution is -2.13. The van der Waals surface area contributed by atoms with Crippen LogP contribution in [-0.2, 0) is 6.42 Å². The first-order valence-corrected chi connectivity index (χ1v) is 6.24. The van der Waals surface area contributed by atoms with Gasteiger partial charge in [0.15, 0.2) is 0 Å². The Morgan fingerprint density at radius 2 is 1.95 bits per heavy atom. The second-order valence-corrected chi connectivity index (χ2v) is 4.43. The molecule has 0 fully saturated rings. The molecule has 0 radical (unpaired) electrons. The molecule has 2 aromatic rings. The molecule has 0 bridgehead atoms. The highest BCUT2D eigenvalue weighted by atomic mass is 19.1. The first kappa shape index (κ1) is 13.9. The molecule has 0 saturated carbocycles. The summed E-state index contributed by atoms with van der Waals surface area (Å²) in [6.45, 7) is 0.507. The third-order valence-corrected chi connectivity index (χ3v) is 3.01. The lowest BCUT2D eigenvalue weighted by atomic mass is 10.1. The summed E-state index contributed by atoms with van der Waals surface area (Å²) in [5.74, 6) is -0.740. The van der Waals surface area contributed by atoms with Crippen molar-refractivity contribution in [1.82, 2.24) is 0 Å². The highest BCUT2D eigenvalue weighted by Crippen LogP contribution is 2.20. The molecule has 0 unspecified atom stereocenters. The minimum Gasteiger partial charge on any atom is -0.397 e. The van der Waals surface area contributed by atoms with E-state index in [2.05, 4.69) is 5.32 Å². The van der Waals surface area contributed by atoms with E-state index in [1.807, 2.05) is 0 Å². The van der Waals surface area contributed by atoms with E-state index < -0.39 is 5.91 Å². The van der Waals surface area contributed by atoms with Gasteiger partial charge in [0.2, 0.25) is 5.91 Å². The number of nitrogens with two attached hydrogens (primary N) is 2. The summed E-state index contributed by atoms with van der Waals surface area (Å²) >= 11 is 0. The second-order valence-electron chi connectivity index (χ2n) is 4.43. The Morgan fingerprint density at radius 3 is 2.65 bits per heavy atom. The van der Waals surface area contributed by atoms with Crippen LogP contribution in [0.1, 0.15) is 15.9 Å². The molecule has 0 saturated heterocycles. The van der Waals surface area contributed by atoms with Crippen LogP contribution in [0, 0.1) is 5.82 Å². The van der Waals surface area contributed by atoms with Crippen molar-refractivity contribution < 1.29 is 9.18 Å². The Hall–Kier alpha value is -2.56. The number of amides is 1. The van der Waals surface area contributed by atoms with Crippen LogP contribution in [0.25, 0.3) is 0 Å². The lowest BCUT2D eigenvalue weighted by molar-refractivity contribution is 0.100. The number of halogens is 1. The third-order valence-electron chi connectivity index (χ3n) is 3.01. The number of nitrogens with one attached hydrogen (secondary N) is 1. The van der Waals surface area contributed by atoms with Crippen LogP contribution < -0.4 is 16.8 Å². The van der Waals surface area contributed by atoms with Gasteiger partial charge >= 0.3 is 0 Å². The Bertz CT molecular complexity index is 628. The van der Waals surface area contributed by atoms with Gasteiger partial charge in [-0.1, -0.05) is 18.2 Å². The third kappa shape index (κ3) is 3.26. The number of rotatable bonds is 5. The van der Waals surface area contributed by atoms with Crippen LogP contribution >= 0.6 is 0 Å². The number of nitrogen functional groups attached to an aromatic ring is 1. The maximum absolute atomic E-state index is 13.5. The van der Waals surface area contributed by atoms with Crippen molar-refractivity contribution in [3.05, 3.63) is 59.4 Å². The molecule has 104 valence electrons. The molecule has 0 atom stereocenters. The average Bonchev–Trinajstić information content (AvgIpc) is 2.42. The van der Waals surface area contributed by atoms with Crippen molar-refractivity contribution in [1.29, 1.82) is 0 Å². The fourth-order valence-corrected chi connectivity index (χ4v) is 1.90. The first-order valence-electron chi connectivity index (χ1n) is 6.24. The van der Waals surface area contributed by atoms with Crippen molar-refractivity contribution >= 4 is 17.3 Å². The van der Waals surface area contributed by atoms with Gasteiger partial charge in [-0.15, -0.1) is 0 Å². The molecule has 0 heterocycles. The molecule has 1 amide bonds. The summed E-state index contributed by atoms with van der Waals surface area (Å²) in [5, 5.41) is 3.08. The van der Waals surface area contributed by atoms with Crippen LogP contribution in [0.5, 0.6) is 0 Å². The summed E-state index contributed by atoms with van der Waals surface area (Å²) in [4.78, 5) is 11.1. The predicted octanol–water partition coefficient (Wildman–Crippen LogP) is 2.16. The zero-order chi connectivity index (χ0) is 14.5. The second kappa shape index (κ2) is 6.06. The van der Waals surface area contributed by atoms with Gasteiger partial charge in [0.05, 0.1) is 11.4 Å². The molecule has 0 spiro atoms. The van der Waals surface area contributed by atoms with Crippen LogP contribution in [-0.4, -0.2) is 12.5 Å². The predicted molar refractivity (Wildman–Crippen MR) is 78.0 cm³/mol. The molecule has 20 heavy (non-hydrogen) atoms. The zero-order valence-electron chi connectivity index (χ0n) is 10.9. The number of carbonyl (C=O) groups excluding carboxylic acids is 1. The fraction of sp³-hybridized carbons (Fsp3) is 0.133. The molecule has 5 heteroatoms. The zero-order valence-corrected chi connectivity index (χ0v) is 10.9. The maximum Gasteiger partial charge on any atom is 0.248 e. The van der Waals surface area contributed by atoms with Gasteiger partial charge < -0.3 is 16.8 Å². The Morgan fingerprint density at radius 1 is 1.20 bits per heavy atom. The minimum atomic E-state index is -0.512. The average molecular weight is 273 g/mol. The number of carbonyl (C=O) groups is 1. The topological polar surface area (TPSA) is 81.1 Å². The van der Waals surface area contributed by atoms with Gasteiger partial charge in [0.25, 0.3) is 0 Å². The number of hydrogen-bond acceptors (Lipinski definition) is 3. The largest absolute Gasteiger partial charge is 0.397 e. The molecule has 4 nitrogen and oxygen atoms in total. The van der Waals surface area contributed by atoms with Crippen LogP contribution in [0.3, 0.4) is 0 Å².